The van der Waals surface area contributed by atoms with Crippen LogP contribution in [0.5, 0.6) is 0 Å². The van der Waals surface area contributed by atoms with E-state index in [9.17, 15) is 27.2 Å². The molecular weight excluding hydrogens is 280 g/mol. The van der Waals surface area contributed by atoms with E-state index in [1.54, 1.807) is 4.98 Å². The zero-order valence-electron chi connectivity index (χ0n) is 10.3. The second kappa shape index (κ2) is 5.77. The summed E-state index contributed by atoms with van der Waals surface area (Å²) in [6, 6.07) is 1.34. The number of terminal acetylenes is 1. The highest BCUT2D eigenvalue weighted by Gasteiger charge is 2.43. The van der Waals surface area contributed by atoms with Gasteiger partial charge < -0.3 is 9.88 Å². The highest BCUT2D eigenvalue weighted by atomic mass is 19.3. The molecule has 20 heavy (non-hydrogen) atoms. The minimum Gasteiger partial charge on any atom is -0.330 e. The molecule has 1 aromatic heterocycles. The summed E-state index contributed by atoms with van der Waals surface area (Å²) in [5.74, 6) is -3.13. The fourth-order valence-corrected chi connectivity index (χ4v) is 1.37. The first kappa shape index (κ1) is 15.8. The standard InChI is InChI=1S/C12H10F4N2O2/c1-3-6-18(2)10(20)7-4-5-8(17-9(7)19)12(15,16)11(13)14/h1,4-5,11H,6H2,2H3,(H,17,19). The molecule has 4 nitrogen and oxygen atoms in total. The predicted octanol–water partition coefficient (Wildman–Crippen LogP) is 1.44. The van der Waals surface area contributed by atoms with Gasteiger partial charge in [-0.05, 0) is 12.1 Å². The molecule has 1 heterocycles. The van der Waals surface area contributed by atoms with E-state index in [0.717, 1.165) is 11.0 Å². The molecule has 0 radical (unpaired) electrons. The fourth-order valence-electron chi connectivity index (χ4n) is 1.37. The molecule has 1 N–H and O–H groups in total. The Balaban J connectivity index is 3.16. The number of carbonyl (C=O) groups is 1. The second-order valence-electron chi connectivity index (χ2n) is 3.90. The van der Waals surface area contributed by atoms with E-state index in [2.05, 4.69) is 5.92 Å². The first-order valence-electron chi connectivity index (χ1n) is 5.30. The van der Waals surface area contributed by atoms with Crippen LogP contribution in [0.1, 0.15) is 16.1 Å². The fraction of sp³-hybridized carbons (Fsp3) is 0.333. The van der Waals surface area contributed by atoms with Crippen molar-refractivity contribution in [3.8, 4) is 12.3 Å². The maximum absolute atomic E-state index is 13.0. The molecule has 8 heteroatoms. The molecule has 0 aromatic carbocycles. The second-order valence-corrected chi connectivity index (χ2v) is 3.90. The number of rotatable bonds is 4. The average Bonchev–Trinajstić information content (AvgIpc) is 2.37. The van der Waals surface area contributed by atoms with E-state index in [0.29, 0.717) is 6.07 Å². The van der Waals surface area contributed by atoms with Gasteiger partial charge in [0.05, 0.1) is 12.2 Å². The minimum absolute atomic E-state index is 0.0901. The Morgan fingerprint density at radius 1 is 1.50 bits per heavy atom. The first-order chi connectivity index (χ1) is 9.21. The van der Waals surface area contributed by atoms with Crippen molar-refractivity contribution in [3.63, 3.8) is 0 Å². The van der Waals surface area contributed by atoms with Crippen LogP contribution in [0, 0.1) is 12.3 Å². The lowest BCUT2D eigenvalue weighted by Crippen LogP contribution is -2.34. The van der Waals surface area contributed by atoms with Crippen molar-refractivity contribution < 1.29 is 22.4 Å². The molecule has 1 aromatic rings. The molecule has 0 unspecified atom stereocenters. The smallest absolute Gasteiger partial charge is 0.330 e. The van der Waals surface area contributed by atoms with Crippen LogP contribution in [0.2, 0.25) is 0 Å². The number of nitrogens with zero attached hydrogens (tertiary/aromatic N) is 1. The van der Waals surface area contributed by atoms with Crippen molar-refractivity contribution in [1.29, 1.82) is 0 Å². The lowest BCUT2D eigenvalue weighted by Gasteiger charge is -2.16. The van der Waals surface area contributed by atoms with Gasteiger partial charge in [0.15, 0.2) is 0 Å². The molecule has 108 valence electrons. The van der Waals surface area contributed by atoms with Gasteiger partial charge in [-0.1, -0.05) is 5.92 Å². The predicted molar refractivity (Wildman–Crippen MR) is 62.8 cm³/mol. The number of carbonyl (C=O) groups excluding carboxylic acids is 1. The van der Waals surface area contributed by atoms with E-state index in [1.807, 2.05) is 0 Å². The third kappa shape index (κ3) is 2.99. The summed E-state index contributed by atoms with van der Waals surface area (Å²) in [7, 11) is 1.31. The minimum atomic E-state index is -4.49. The van der Waals surface area contributed by atoms with Crippen LogP contribution >= 0.6 is 0 Å². The SMILES string of the molecule is C#CCN(C)C(=O)c1ccc(C(F)(F)C(F)F)[nH]c1=O. The summed E-state index contributed by atoms with van der Waals surface area (Å²) >= 11 is 0. The van der Waals surface area contributed by atoms with Crippen molar-refractivity contribution in [3.05, 3.63) is 33.7 Å². The number of alkyl halides is 4. The van der Waals surface area contributed by atoms with Gasteiger partial charge in [0.1, 0.15) is 5.56 Å². The Kier molecular flexibility index (Phi) is 4.55. The Labute approximate surface area is 111 Å². The number of aromatic amines is 1. The molecule has 0 aliphatic carbocycles. The number of pyridine rings is 1. The summed E-state index contributed by atoms with van der Waals surface area (Å²) in [4.78, 5) is 25.9. The lowest BCUT2D eigenvalue weighted by molar-refractivity contribution is -0.138. The summed E-state index contributed by atoms with van der Waals surface area (Å²) in [5.41, 5.74) is -2.90. The Morgan fingerprint density at radius 2 is 2.10 bits per heavy atom. The number of hydrogen-bond donors (Lipinski definition) is 1. The number of aromatic nitrogens is 1. The quantitative estimate of drug-likeness (QED) is 0.674. The molecular formula is C12H10F4N2O2. The van der Waals surface area contributed by atoms with Crippen molar-refractivity contribution in [2.75, 3.05) is 13.6 Å². The normalized spacial score (nSPS) is 11.2. The van der Waals surface area contributed by atoms with E-state index >= 15 is 0 Å². The number of hydrogen-bond acceptors (Lipinski definition) is 2. The van der Waals surface area contributed by atoms with E-state index < -0.39 is 35.1 Å². The van der Waals surface area contributed by atoms with E-state index in [-0.39, 0.29) is 6.54 Å². The molecule has 0 aliphatic heterocycles. The molecule has 0 atom stereocenters. The molecule has 0 fully saturated rings. The van der Waals surface area contributed by atoms with Crippen LogP contribution in [0.4, 0.5) is 17.6 Å². The topological polar surface area (TPSA) is 53.2 Å². The van der Waals surface area contributed by atoms with Crippen LogP contribution < -0.4 is 5.56 Å². The molecule has 0 spiro atoms. The van der Waals surface area contributed by atoms with Gasteiger partial charge in [-0.25, -0.2) is 8.78 Å². The summed E-state index contributed by atoms with van der Waals surface area (Å²) in [6.45, 7) is -0.0901. The molecule has 1 amide bonds. The van der Waals surface area contributed by atoms with Crippen molar-refractivity contribution in [1.82, 2.24) is 9.88 Å². The van der Waals surface area contributed by atoms with Gasteiger partial charge in [0.2, 0.25) is 0 Å². The van der Waals surface area contributed by atoms with Gasteiger partial charge in [0.25, 0.3) is 11.5 Å². The molecule has 0 saturated carbocycles. The van der Waals surface area contributed by atoms with Gasteiger partial charge in [-0.2, -0.15) is 8.78 Å². The van der Waals surface area contributed by atoms with Gasteiger partial charge in [-0.15, -0.1) is 6.42 Å². The first-order valence-corrected chi connectivity index (χ1v) is 5.30. The largest absolute Gasteiger partial charge is 0.346 e. The van der Waals surface area contributed by atoms with E-state index in [1.165, 1.54) is 7.05 Å². The number of halogens is 4. The third-order valence-electron chi connectivity index (χ3n) is 2.45. The number of nitrogens with one attached hydrogen (secondary N) is 1. The Hall–Kier alpha value is -2.30. The Bertz CT molecular complexity index is 604. The number of amides is 1. The van der Waals surface area contributed by atoms with Crippen LogP contribution in [-0.4, -0.2) is 35.8 Å². The zero-order valence-corrected chi connectivity index (χ0v) is 10.3. The van der Waals surface area contributed by atoms with E-state index in [4.69, 9.17) is 6.42 Å². The summed E-state index contributed by atoms with van der Waals surface area (Å²) in [6.07, 6.45) is 1.02. The Morgan fingerprint density at radius 3 is 2.55 bits per heavy atom. The van der Waals surface area contributed by atoms with Crippen LogP contribution in [0.25, 0.3) is 0 Å². The van der Waals surface area contributed by atoms with Crippen molar-refractivity contribution in [2.24, 2.45) is 0 Å². The highest BCUT2D eigenvalue weighted by Crippen LogP contribution is 2.32. The average molecular weight is 290 g/mol. The highest BCUT2D eigenvalue weighted by molar-refractivity contribution is 5.93. The molecule has 0 saturated heterocycles. The monoisotopic (exact) mass is 290 g/mol. The van der Waals surface area contributed by atoms with Gasteiger partial charge >= 0.3 is 12.3 Å². The maximum atomic E-state index is 13.0. The van der Waals surface area contributed by atoms with Crippen LogP contribution in [-0.2, 0) is 5.92 Å². The summed E-state index contributed by atoms with van der Waals surface area (Å²) in [5, 5.41) is 0. The zero-order chi connectivity index (χ0) is 15.5. The van der Waals surface area contributed by atoms with Crippen LogP contribution in [0.3, 0.4) is 0 Å². The van der Waals surface area contributed by atoms with Gasteiger partial charge in [-0.3, -0.25) is 9.59 Å². The van der Waals surface area contributed by atoms with Crippen LogP contribution in [0.15, 0.2) is 16.9 Å². The molecule has 0 aliphatic rings. The lowest BCUT2D eigenvalue weighted by atomic mass is 10.1. The molecule has 0 bridgehead atoms. The van der Waals surface area contributed by atoms with Crippen molar-refractivity contribution in [2.45, 2.75) is 12.3 Å². The number of H-pyrrole nitrogens is 1. The third-order valence-corrected chi connectivity index (χ3v) is 2.45. The van der Waals surface area contributed by atoms with Gasteiger partial charge in [0, 0.05) is 7.05 Å². The summed E-state index contributed by atoms with van der Waals surface area (Å²) < 4.78 is 50.4. The van der Waals surface area contributed by atoms with Crippen molar-refractivity contribution >= 4 is 5.91 Å². The maximum Gasteiger partial charge on any atom is 0.346 e. The molecule has 1 rings (SSSR count).